The van der Waals surface area contributed by atoms with Crippen molar-refractivity contribution >= 4 is 38.8 Å². The van der Waals surface area contributed by atoms with Crippen LogP contribution >= 0.6 is 0 Å². The van der Waals surface area contributed by atoms with Gasteiger partial charge in [-0.25, -0.2) is 14.8 Å². The lowest BCUT2D eigenvalue weighted by Crippen LogP contribution is -2.49. The number of carbonyl (C=O) groups excluding carboxylic acids is 1. The van der Waals surface area contributed by atoms with Crippen molar-refractivity contribution in [2.45, 2.75) is 18.1 Å². The molecule has 5 aromatic rings. The molecular formula is C27H20N2O4. The Hall–Kier alpha value is -4.03. The Morgan fingerprint density at radius 3 is 2.21 bits per heavy atom. The molecule has 1 aliphatic rings. The molecule has 6 heteroatoms. The first-order valence-electron chi connectivity index (χ1n) is 10.7. The van der Waals surface area contributed by atoms with Gasteiger partial charge >= 0.3 is 11.8 Å². The number of hydrogen-bond donors (Lipinski definition) is 1. The third kappa shape index (κ3) is 2.95. The van der Waals surface area contributed by atoms with Gasteiger partial charge in [-0.15, -0.1) is 0 Å². The van der Waals surface area contributed by atoms with E-state index >= 15 is 0 Å². The van der Waals surface area contributed by atoms with Crippen LogP contribution in [0.3, 0.4) is 0 Å². The highest BCUT2D eigenvalue weighted by Crippen LogP contribution is 2.50. The lowest BCUT2D eigenvalue weighted by molar-refractivity contribution is -0.202. The van der Waals surface area contributed by atoms with Crippen molar-refractivity contribution in [2.24, 2.45) is 0 Å². The number of fused-ring (bicyclic) bond motifs is 7. The van der Waals surface area contributed by atoms with E-state index in [4.69, 9.17) is 19.4 Å². The van der Waals surface area contributed by atoms with E-state index in [1.807, 2.05) is 78.9 Å². The van der Waals surface area contributed by atoms with Crippen molar-refractivity contribution in [1.82, 2.24) is 9.97 Å². The first-order chi connectivity index (χ1) is 16.1. The summed E-state index contributed by atoms with van der Waals surface area (Å²) in [4.78, 5) is 22.6. The molecule has 6 nitrogen and oxygen atoms in total. The van der Waals surface area contributed by atoms with E-state index in [0.717, 1.165) is 38.4 Å². The second-order valence-corrected chi connectivity index (χ2v) is 8.24. The molecule has 6 rings (SSSR count). The molecule has 0 radical (unpaired) electrons. The number of esters is 1. The highest BCUT2D eigenvalue weighted by molar-refractivity contribution is 6.11. The average molecular weight is 436 g/mol. The molecule has 0 amide bonds. The van der Waals surface area contributed by atoms with Crippen molar-refractivity contribution < 1.29 is 19.4 Å². The summed E-state index contributed by atoms with van der Waals surface area (Å²) in [6, 6.07) is 25.2. The second-order valence-electron chi connectivity index (χ2n) is 8.24. The lowest BCUT2D eigenvalue weighted by Gasteiger charge is -2.37. The van der Waals surface area contributed by atoms with Crippen LogP contribution in [-0.4, -0.2) is 33.9 Å². The summed E-state index contributed by atoms with van der Waals surface area (Å²) >= 11 is 0. The molecule has 1 aromatic heterocycles. The van der Waals surface area contributed by atoms with Gasteiger partial charge in [0.15, 0.2) is 0 Å². The fourth-order valence-corrected chi connectivity index (χ4v) is 4.79. The van der Waals surface area contributed by atoms with Crippen LogP contribution in [0.15, 0.2) is 78.9 Å². The van der Waals surface area contributed by atoms with Crippen LogP contribution in [0.2, 0.25) is 0 Å². The molecule has 1 N–H and O–H groups in total. The number of carbonyl (C=O) groups is 1. The Kier molecular flexibility index (Phi) is 4.32. The molecule has 0 bridgehead atoms. The molecule has 0 unspecified atom stereocenters. The molecule has 2 atom stereocenters. The third-order valence-corrected chi connectivity index (χ3v) is 6.30. The van der Waals surface area contributed by atoms with E-state index in [9.17, 15) is 9.90 Å². The van der Waals surface area contributed by atoms with Gasteiger partial charge in [0, 0.05) is 28.7 Å². The summed E-state index contributed by atoms with van der Waals surface area (Å²) in [5, 5.41) is 12.9. The SMILES string of the molecule is COC(=O)[C@]1(O)C[C@H](c2ccccc2)c2c(c3ccccc3c3nc4ccccc4nc23)O1. The molecule has 162 valence electrons. The van der Waals surface area contributed by atoms with Crippen LogP contribution in [-0.2, 0) is 9.53 Å². The number of benzene rings is 4. The molecule has 0 saturated carbocycles. The van der Waals surface area contributed by atoms with Crippen LogP contribution in [0.25, 0.3) is 32.8 Å². The molecule has 4 aromatic carbocycles. The Bertz CT molecular complexity index is 1550. The summed E-state index contributed by atoms with van der Waals surface area (Å²) in [5.74, 6) is -2.89. The van der Waals surface area contributed by atoms with Gasteiger partial charge in [-0.1, -0.05) is 66.7 Å². The Morgan fingerprint density at radius 1 is 0.909 bits per heavy atom. The predicted octanol–water partition coefficient (Wildman–Crippen LogP) is 4.71. The summed E-state index contributed by atoms with van der Waals surface area (Å²) in [7, 11) is 1.24. The minimum absolute atomic E-state index is 0.00136. The molecular weight excluding hydrogens is 416 g/mol. The number of para-hydroxylation sites is 2. The molecule has 1 aliphatic heterocycles. The van der Waals surface area contributed by atoms with Crippen LogP contribution < -0.4 is 4.74 Å². The highest BCUT2D eigenvalue weighted by Gasteiger charge is 2.49. The zero-order valence-corrected chi connectivity index (χ0v) is 17.9. The zero-order chi connectivity index (χ0) is 22.6. The van der Waals surface area contributed by atoms with Gasteiger partial charge in [0.1, 0.15) is 5.75 Å². The first kappa shape index (κ1) is 19.6. The maximum absolute atomic E-state index is 12.6. The monoisotopic (exact) mass is 436 g/mol. The minimum atomic E-state index is -2.12. The maximum Gasteiger partial charge on any atom is 0.379 e. The van der Waals surface area contributed by atoms with E-state index in [1.165, 1.54) is 7.11 Å². The van der Waals surface area contributed by atoms with Crippen LogP contribution in [0.4, 0.5) is 0 Å². The topological polar surface area (TPSA) is 81.5 Å². The van der Waals surface area contributed by atoms with Gasteiger partial charge in [0.2, 0.25) is 0 Å². The van der Waals surface area contributed by atoms with Crippen molar-refractivity contribution in [1.29, 1.82) is 0 Å². The smallest absolute Gasteiger partial charge is 0.379 e. The summed E-state index contributed by atoms with van der Waals surface area (Å²) in [6.45, 7) is 0. The number of aromatic nitrogens is 2. The fraction of sp³-hybridized carbons (Fsp3) is 0.148. The second kappa shape index (κ2) is 7.25. The molecule has 2 heterocycles. The van der Waals surface area contributed by atoms with Crippen LogP contribution in [0.5, 0.6) is 5.75 Å². The van der Waals surface area contributed by atoms with Crippen LogP contribution in [0.1, 0.15) is 23.5 Å². The summed E-state index contributed by atoms with van der Waals surface area (Å²) in [5.41, 5.74) is 4.77. The number of hydrogen-bond acceptors (Lipinski definition) is 6. The minimum Gasteiger partial charge on any atom is -0.464 e. The van der Waals surface area contributed by atoms with Gasteiger partial charge in [-0.2, -0.15) is 0 Å². The summed E-state index contributed by atoms with van der Waals surface area (Å²) in [6.07, 6.45) is -0.00136. The normalized spacial score (nSPS) is 19.9. The lowest BCUT2D eigenvalue weighted by atomic mass is 9.80. The van der Waals surface area contributed by atoms with Gasteiger partial charge in [0.05, 0.1) is 29.2 Å². The van der Waals surface area contributed by atoms with E-state index < -0.39 is 11.8 Å². The molecule has 33 heavy (non-hydrogen) atoms. The molecule has 0 fully saturated rings. The standard InChI is InChI=1S/C27H20N2O4/c1-32-26(30)27(31)15-19(16-9-3-2-4-10-16)22-24-23(28-20-13-7-8-14-21(20)29-24)17-11-5-6-12-18(17)25(22)33-27/h2-14,19,31H,15H2,1H3/t19-,27+/m1/s1. The molecule has 0 saturated heterocycles. The van der Waals surface area contributed by atoms with Gasteiger partial charge < -0.3 is 14.6 Å². The number of aliphatic hydroxyl groups is 1. The van der Waals surface area contributed by atoms with E-state index in [-0.39, 0.29) is 12.3 Å². The number of rotatable bonds is 2. The highest BCUT2D eigenvalue weighted by atomic mass is 16.7. The van der Waals surface area contributed by atoms with E-state index in [1.54, 1.807) is 0 Å². The van der Waals surface area contributed by atoms with E-state index in [2.05, 4.69) is 0 Å². The Morgan fingerprint density at radius 2 is 1.52 bits per heavy atom. The number of nitrogens with zero attached hydrogens (tertiary/aromatic N) is 2. The predicted molar refractivity (Wildman–Crippen MR) is 125 cm³/mol. The van der Waals surface area contributed by atoms with Crippen molar-refractivity contribution in [3.8, 4) is 5.75 Å². The quantitative estimate of drug-likeness (QED) is 0.245. The third-order valence-electron chi connectivity index (χ3n) is 6.30. The van der Waals surface area contributed by atoms with Gasteiger partial charge in [-0.3, -0.25) is 0 Å². The number of methoxy groups -OCH3 is 1. The maximum atomic E-state index is 12.6. The largest absolute Gasteiger partial charge is 0.464 e. The van der Waals surface area contributed by atoms with E-state index in [0.29, 0.717) is 11.3 Å². The van der Waals surface area contributed by atoms with Gasteiger partial charge in [0.25, 0.3) is 0 Å². The average Bonchev–Trinajstić information content (AvgIpc) is 2.87. The molecule has 0 spiro atoms. The zero-order valence-electron chi connectivity index (χ0n) is 17.9. The van der Waals surface area contributed by atoms with Crippen LogP contribution in [0, 0.1) is 0 Å². The fourth-order valence-electron chi connectivity index (χ4n) is 4.79. The van der Waals surface area contributed by atoms with Crippen molar-refractivity contribution in [3.63, 3.8) is 0 Å². The van der Waals surface area contributed by atoms with Gasteiger partial charge in [-0.05, 0) is 17.7 Å². The van der Waals surface area contributed by atoms with Crippen molar-refractivity contribution in [3.05, 3.63) is 90.0 Å². The number of ether oxygens (including phenoxy) is 2. The molecule has 0 aliphatic carbocycles. The first-order valence-corrected chi connectivity index (χ1v) is 10.7. The Balaban J connectivity index is 1.77. The van der Waals surface area contributed by atoms with Crippen molar-refractivity contribution in [2.75, 3.05) is 7.11 Å². The summed E-state index contributed by atoms with van der Waals surface area (Å²) < 4.78 is 11.0. The Labute approximate surface area is 189 Å².